The van der Waals surface area contributed by atoms with Crippen LogP contribution in [0.25, 0.3) is 0 Å². The quantitative estimate of drug-likeness (QED) is 0.749. The molecule has 1 amide bonds. The van der Waals surface area contributed by atoms with Crippen LogP contribution < -0.4 is 0 Å². The number of amides is 1. The minimum absolute atomic E-state index is 0.117. The zero-order valence-corrected chi connectivity index (χ0v) is 17.3. The molecule has 1 aromatic rings. The molecule has 0 radical (unpaired) electrons. The van der Waals surface area contributed by atoms with Gasteiger partial charge in [0, 0.05) is 30.1 Å². The Hall–Kier alpha value is -1.20. The molecule has 1 saturated carbocycles. The molecule has 148 valence electrons. The first-order valence-corrected chi connectivity index (χ1v) is 11.5. The third-order valence-corrected chi connectivity index (χ3v) is 8.07. The summed E-state index contributed by atoms with van der Waals surface area (Å²) in [6.07, 6.45) is 6.21. The lowest BCUT2D eigenvalue weighted by molar-refractivity contribution is -0.00141. The van der Waals surface area contributed by atoms with E-state index in [0.717, 1.165) is 36.6 Å². The van der Waals surface area contributed by atoms with Gasteiger partial charge in [-0.05, 0) is 63.1 Å². The fraction of sp³-hybridized carbons (Fsp3) is 0.682. The second kappa shape index (κ2) is 8.44. The molecule has 0 aromatic heterocycles. The van der Waals surface area contributed by atoms with Crippen molar-refractivity contribution in [2.24, 2.45) is 5.41 Å². The molecule has 27 heavy (non-hydrogen) atoms. The van der Waals surface area contributed by atoms with Crippen LogP contribution in [0.1, 0.15) is 44.6 Å². The number of likely N-dealkylation sites (tertiary alicyclic amines) is 2. The van der Waals surface area contributed by atoms with Crippen molar-refractivity contribution in [3.05, 3.63) is 35.9 Å². The molecule has 0 N–H and O–H groups in total. The molecular weight excluding hydrogens is 356 g/mol. The maximum Gasteiger partial charge on any atom is 0.409 e. The molecule has 1 aliphatic carbocycles. The molecule has 0 atom stereocenters. The van der Waals surface area contributed by atoms with Crippen molar-refractivity contribution in [2.45, 2.75) is 56.1 Å². The van der Waals surface area contributed by atoms with Crippen LogP contribution in [-0.2, 0) is 10.5 Å². The van der Waals surface area contributed by atoms with Crippen molar-refractivity contribution in [3.8, 4) is 0 Å². The number of nitrogens with zero attached hydrogens (tertiary/aromatic N) is 2. The van der Waals surface area contributed by atoms with Gasteiger partial charge in [0.25, 0.3) is 0 Å². The lowest BCUT2D eigenvalue weighted by Crippen LogP contribution is -2.54. The smallest absolute Gasteiger partial charge is 0.409 e. The first-order chi connectivity index (χ1) is 13.2. The van der Waals surface area contributed by atoms with Crippen LogP contribution in [0, 0.1) is 5.41 Å². The highest BCUT2D eigenvalue weighted by Crippen LogP contribution is 2.50. The number of rotatable bonds is 5. The molecular formula is C22H32N2O2S. The van der Waals surface area contributed by atoms with Gasteiger partial charge in [0.1, 0.15) is 0 Å². The van der Waals surface area contributed by atoms with Crippen molar-refractivity contribution >= 4 is 17.9 Å². The Morgan fingerprint density at radius 2 is 1.93 bits per heavy atom. The molecule has 2 saturated heterocycles. The number of benzene rings is 1. The minimum atomic E-state index is -0.117. The van der Waals surface area contributed by atoms with Gasteiger partial charge in [-0.3, -0.25) is 0 Å². The fourth-order valence-electron chi connectivity index (χ4n) is 5.03. The SMILES string of the molecule is CCOC(=O)N1CCC2(CC(N3CCC(SCc4ccccc4)CC3)C2)C1. The van der Waals surface area contributed by atoms with Gasteiger partial charge in [-0.1, -0.05) is 30.3 Å². The second-order valence-electron chi connectivity index (χ2n) is 8.46. The van der Waals surface area contributed by atoms with Crippen molar-refractivity contribution < 1.29 is 9.53 Å². The summed E-state index contributed by atoms with van der Waals surface area (Å²) in [5.74, 6) is 1.14. The van der Waals surface area contributed by atoms with Crippen molar-refractivity contribution in [2.75, 3.05) is 32.8 Å². The predicted octanol–water partition coefficient (Wildman–Crippen LogP) is 4.40. The first-order valence-electron chi connectivity index (χ1n) is 10.5. The molecule has 2 heterocycles. The lowest BCUT2D eigenvalue weighted by Gasteiger charge is -2.51. The van der Waals surface area contributed by atoms with Gasteiger partial charge in [0.05, 0.1) is 6.61 Å². The van der Waals surface area contributed by atoms with E-state index < -0.39 is 0 Å². The number of carbonyl (C=O) groups is 1. The summed E-state index contributed by atoms with van der Waals surface area (Å²) in [5.41, 5.74) is 1.83. The topological polar surface area (TPSA) is 32.8 Å². The highest BCUT2D eigenvalue weighted by atomic mass is 32.2. The summed E-state index contributed by atoms with van der Waals surface area (Å²) >= 11 is 2.13. The molecule has 0 unspecified atom stereocenters. The largest absolute Gasteiger partial charge is 0.450 e. The average molecular weight is 389 g/mol. The van der Waals surface area contributed by atoms with E-state index in [0.29, 0.717) is 12.0 Å². The van der Waals surface area contributed by atoms with E-state index >= 15 is 0 Å². The average Bonchev–Trinajstić information content (AvgIpc) is 3.13. The van der Waals surface area contributed by atoms with Crippen LogP contribution >= 0.6 is 11.8 Å². The molecule has 3 fully saturated rings. The maximum absolute atomic E-state index is 11.9. The van der Waals surface area contributed by atoms with E-state index in [1.807, 2.05) is 11.8 Å². The zero-order chi connectivity index (χ0) is 18.7. The number of thioether (sulfide) groups is 1. The van der Waals surface area contributed by atoms with E-state index in [4.69, 9.17) is 4.74 Å². The Morgan fingerprint density at radius 3 is 2.63 bits per heavy atom. The number of carbonyl (C=O) groups excluding carboxylic acids is 1. The Kier molecular flexibility index (Phi) is 5.98. The second-order valence-corrected chi connectivity index (χ2v) is 9.75. The Labute approximate surface area is 167 Å². The van der Waals surface area contributed by atoms with Gasteiger partial charge in [0.2, 0.25) is 0 Å². The third kappa shape index (κ3) is 4.45. The molecule has 4 rings (SSSR count). The van der Waals surface area contributed by atoms with Crippen LogP contribution in [0.3, 0.4) is 0 Å². The number of ether oxygens (including phenoxy) is 1. The van der Waals surface area contributed by atoms with Crippen LogP contribution in [0.5, 0.6) is 0 Å². The highest BCUT2D eigenvalue weighted by Gasteiger charge is 2.51. The standard InChI is InChI=1S/C22H32N2O2S/c1-2-26-21(25)24-13-10-22(17-24)14-19(15-22)23-11-8-20(9-12-23)27-16-18-6-4-3-5-7-18/h3-7,19-20H,2,8-17H2,1H3. The minimum Gasteiger partial charge on any atom is -0.450 e. The van der Waals surface area contributed by atoms with Crippen molar-refractivity contribution in [1.29, 1.82) is 0 Å². The highest BCUT2D eigenvalue weighted by molar-refractivity contribution is 7.99. The number of hydrogen-bond acceptors (Lipinski definition) is 4. The van der Waals surface area contributed by atoms with E-state index in [9.17, 15) is 4.79 Å². The van der Waals surface area contributed by atoms with Crippen LogP contribution in [0.4, 0.5) is 4.79 Å². The molecule has 0 bridgehead atoms. The molecule has 3 aliphatic rings. The Balaban J connectivity index is 1.17. The predicted molar refractivity (Wildman–Crippen MR) is 111 cm³/mol. The van der Waals surface area contributed by atoms with E-state index in [1.165, 1.54) is 44.3 Å². The summed E-state index contributed by atoms with van der Waals surface area (Å²) in [6, 6.07) is 11.6. The van der Waals surface area contributed by atoms with Crippen LogP contribution in [-0.4, -0.2) is 60.0 Å². The van der Waals surface area contributed by atoms with Gasteiger partial charge in [0.15, 0.2) is 0 Å². The summed E-state index contributed by atoms with van der Waals surface area (Å²) in [7, 11) is 0. The molecule has 1 spiro atoms. The molecule has 5 heteroatoms. The fourth-order valence-corrected chi connectivity index (χ4v) is 6.20. The van der Waals surface area contributed by atoms with Crippen LogP contribution in [0.15, 0.2) is 30.3 Å². The molecule has 2 aliphatic heterocycles. The van der Waals surface area contributed by atoms with Gasteiger partial charge in [-0.25, -0.2) is 4.79 Å². The van der Waals surface area contributed by atoms with E-state index in [-0.39, 0.29) is 6.09 Å². The first kappa shape index (κ1) is 19.1. The summed E-state index contributed by atoms with van der Waals surface area (Å²) in [5, 5.41) is 0.807. The molecule has 1 aromatic carbocycles. The Bertz CT molecular complexity index is 624. The number of piperidine rings is 1. The van der Waals surface area contributed by atoms with Gasteiger partial charge < -0.3 is 14.5 Å². The summed E-state index contributed by atoms with van der Waals surface area (Å²) in [6.45, 7) is 6.63. The van der Waals surface area contributed by atoms with Crippen LogP contribution in [0.2, 0.25) is 0 Å². The van der Waals surface area contributed by atoms with E-state index in [1.54, 1.807) is 0 Å². The molecule has 4 nitrogen and oxygen atoms in total. The Morgan fingerprint density at radius 1 is 1.19 bits per heavy atom. The van der Waals surface area contributed by atoms with Crippen molar-refractivity contribution in [1.82, 2.24) is 9.80 Å². The van der Waals surface area contributed by atoms with Gasteiger partial charge in [-0.2, -0.15) is 11.8 Å². The normalized spacial score (nSPS) is 29.1. The van der Waals surface area contributed by atoms with Gasteiger partial charge in [-0.15, -0.1) is 0 Å². The third-order valence-electron chi connectivity index (χ3n) is 6.62. The lowest BCUT2D eigenvalue weighted by atomic mass is 9.64. The zero-order valence-electron chi connectivity index (χ0n) is 16.4. The van der Waals surface area contributed by atoms with Gasteiger partial charge >= 0.3 is 6.09 Å². The maximum atomic E-state index is 11.9. The number of hydrogen-bond donors (Lipinski definition) is 0. The van der Waals surface area contributed by atoms with E-state index in [2.05, 4.69) is 47.0 Å². The van der Waals surface area contributed by atoms with Crippen molar-refractivity contribution in [3.63, 3.8) is 0 Å². The monoisotopic (exact) mass is 388 g/mol. The summed E-state index contributed by atoms with van der Waals surface area (Å²) < 4.78 is 5.17. The summed E-state index contributed by atoms with van der Waals surface area (Å²) in [4.78, 5) is 16.6.